The normalized spacial score (nSPS) is 10.7. The summed E-state index contributed by atoms with van der Waals surface area (Å²) in [7, 11) is 3.10. The molecule has 0 heterocycles. The minimum atomic E-state index is -2.15. The van der Waals surface area contributed by atoms with E-state index in [2.05, 4.69) is 14.2 Å². The van der Waals surface area contributed by atoms with Crippen LogP contribution in [0.3, 0.4) is 0 Å². The Morgan fingerprint density at radius 1 is 1.08 bits per heavy atom. The fraction of sp³-hybridized carbons (Fsp3) is 0.357. The predicted octanol–water partition coefficient (Wildman–Crippen LogP) is 1.64. The van der Waals surface area contributed by atoms with Crippen LogP contribution >= 0.6 is 11.6 Å². The maximum atomic E-state index is 12.1. The highest BCUT2D eigenvalue weighted by molar-refractivity contribution is 6.34. The highest BCUT2D eigenvalue weighted by Gasteiger charge is 2.50. The van der Waals surface area contributed by atoms with E-state index in [9.17, 15) is 24.5 Å². The summed E-state index contributed by atoms with van der Waals surface area (Å²) in [6.45, 7) is 1.10. The molecule has 0 aliphatic heterocycles. The molecule has 0 saturated carbocycles. The van der Waals surface area contributed by atoms with E-state index >= 15 is 0 Å². The van der Waals surface area contributed by atoms with Crippen LogP contribution in [0, 0.1) is 10.1 Å². The Morgan fingerprint density at radius 3 is 1.96 bits per heavy atom. The van der Waals surface area contributed by atoms with Crippen LogP contribution in [-0.2, 0) is 29.2 Å². The average molecular weight is 360 g/mol. The van der Waals surface area contributed by atoms with Gasteiger partial charge in [-0.1, -0.05) is 11.6 Å². The Morgan fingerprint density at radius 2 is 1.58 bits per heavy atom. The van der Waals surface area contributed by atoms with E-state index in [1.807, 2.05) is 0 Å². The highest BCUT2D eigenvalue weighted by Crippen LogP contribution is 2.37. The minimum Gasteiger partial charge on any atom is -0.468 e. The molecule has 1 rings (SSSR count). The van der Waals surface area contributed by atoms with Gasteiger partial charge in [0.05, 0.1) is 42.4 Å². The topological polar surface area (TPSA) is 122 Å². The van der Waals surface area contributed by atoms with Crippen molar-refractivity contribution in [2.75, 3.05) is 21.3 Å². The van der Waals surface area contributed by atoms with E-state index < -0.39 is 33.9 Å². The van der Waals surface area contributed by atoms with Gasteiger partial charge >= 0.3 is 17.9 Å². The number of hydrogen-bond acceptors (Lipinski definition) is 8. The number of ether oxygens (including phenoxy) is 3. The second-order valence-corrected chi connectivity index (χ2v) is 5.11. The van der Waals surface area contributed by atoms with E-state index in [0.717, 1.165) is 40.4 Å². The van der Waals surface area contributed by atoms with E-state index in [4.69, 9.17) is 11.6 Å². The summed E-state index contributed by atoms with van der Waals surface area (Å²) in [6.07, 6.45) is 0. The number of nitro benzene ring substituents is 1. The number of nitrogens with zero attached hydrogens (tertiary/aromatic N) is 1. The second-order valence-electron chi connectivity index (χ2n) is 4.71. The SMILES string of the molecule is COC(=O)c1cc([N+](=O)[O-])c(C(C)(C(=O)OC)C(=O)OC)cc1Cl. The van der Waals surface area contributed by atoms with E-state index in [1.165, 1.54) is 0 Å². The molecule has 0 aliphatic carbocycles. The van der Waals surface area contributed by atoms with Gasteiger partial charge in [-0.05, 0) is 13.0 Å². The molecule has 130 valence electrons. The predicted molar refractivity (Wildman–Crippen MR) is 80.8 cm³/mol. The van der Waals surface area contributed by atoms with Crippen molar-refractivity contribution >= 4 is 35.2 Å². The number of carbonyl (C=O) groups is 3. The molecule has 0 N–H and O–H groups in total. The summed E-state index contributed by atoms with van der Waals surface area (Å²) >= 11 is 5.95. The van der Waals surface area contributed by atoms with Gasteiger partial charge in [0.1, 0.15) is 0 Å². The molecule has 0 atom stereocenters. The minimum absolute atomic E-state index is 0.235. The van der Waals surface area contributed by atoms with Crippen molar-refractivity contribution in [2.24, 2.45) is 0 Å². The number of esters is 3. The first-order valence-electron chi connectivity index (χ1n) is 6.38. The Bertz CT molecular complexity index is 699. The molecule has 0 unspecified atom stereocenters. The van der Waals surface area contributed by atoms with Crippen LogP contribution in [0.25, 0.3) is 0 Å². The Kier molecular flexibility index (Phi) is 5.86. The van der Waals surface area contributed by atoms with E-state index in [0.29, 0.717) is 0 Å². The Labute approximate surface area is 141 Å². The van der Waals surface area contributed by atoms with Crippen molar-refractivity contribution in [3.8, 4) is 0 Å². The van der Waals surface area contributed by atoms with Gasteiger partial charge in [0, 0.05) is 6.07 Å². The molecule has 0 saturated heterocycles. The summed E-state index contributed by atoms with van der Waals surface area (Å²) in [5.74, 6) is -3.08. The number of halogens is 1. The molecule has 1 aromatic carbocycles. The summed E-state index contributed by atoms with van der Waals surface area (Å²) in [4.78, 5) is 46.4. The zero-order chi connectivity index (χ0) is 18.7. The van der Waals surface area contributed by atoms with Crippen LogP contribution in [0.2, 0.25) is 5.02 Å². The fourth-order valence-corrected chi connectivity index (χ4v) is 2.33. The fourth-order valence-electron chi connectivity index (χ4n) is 2.09. The number of nitro groups is 1. The quantitative estimate of drug-likeness (QED) is 0.255. The summed E-state index contributed by atoms with van der Waals surface area (Å²) in [6, 6.07) is 1.80. The largest absolute Gasteiger partial charge is 0.468 e. The lowest BCUT2D eigenvalue weighted by Crippen LogP contribution is -2.43. The molecule has 10 heteroatoms. The average Bonchev–Trinajstić information content (AvgIpc) is 2.58. The van der Waals surface area contributed by atoms with Crippen molar-refractivity contribution in [1.82, 2.24) is 0 Å². The maximum absolute atomic E-state index is 12.1. The molecule has 24 heavy (non-hydrogen) atoms. The van der Waals surface area contributed by atoms with Crippen LogP contribution in [0.4, 0.5) is 5.69 Å². The number of rotatable bonds is 5. The Hall–Kier alpha value is -2.68. The Balaban J connectivity index is 3.81. The lowest BCUT2D eigenvalue weighted by molar-refractivity contribution is -0.386. The van der Waals surface area contributed by atoms with Crippen LogP contribution in [-0.4, -0.2) is 44.2 Å². The van der Waals surface area contributed by atoms with Gasteiger partial charge in [-0.3, -0.25) is 19.7 Å². The van der Waals surface area contributed by atoms with Crippen LogP contribution in [0.1, 0.15) is 22.8 Å². The van der Waals surface area contributed by atoms with Gasteiger partial charge in [0.2, 0.25) is 0 Å². The number of carbonyl (C=O) groups excluding carboxylic acids is 3. The lowest BCUT2D eigenvalue weighted by atomic mass is 9.81. The van der Waals surface area contributed by atoms with Crippen molar-refractivity contribution in [2.45, 2.75) is 12.3 Å². The molecule has 0 fully saturated rings. The molecule has 0 aliphatic rings. The molecule has 0 aromatic heterocycles. The molecule has 0 spiro atoms. The molecular formula is C14H14ClNO8. The van der Waals surface area contributed by atoms with E-state index in [-0.39, 0.29) is 16.1 Å². The summed E-state index contributed by atoms with van der Waals surface area (Å²) in [5, 5.41) is 11.1. The zero-order valence-electron chi connectivity index (χ0n) is 13.2. The van der Waals surface area contributed by atoms with Crippen molar-refractivity contribution in [3.05, 3.63) is 38.4 Å². The van der Waals surface area contributed by atoms with Crippen LogP contribution in [0.15, 0.2) is 12.1 Å². The number of hydrogen-bond donors (Lipinski definition) is 0. The van der Waals surface area contributed by atoms with Gasteiger partial charge in [-0.15, -0.1) is 0 Å². The highest BCUT2D eigenvalue weighted by atomic mass is 35.5. The molecule has 0 amide bonds. The van der Waals surface area contributed by atoms with Crippen molar-refractivity contribution in [3.63, 3.8) is 0 Å². The second kappa shape index (κ2) is 7.26. The third-order valence-electron chi connectivity index (χ3n) is 3.41. The van der Waals surface area contributed by atoms with Crippen molar-refractivity contribution in [1.29, 1.82) is 0 Å². The monoisotopic (exact) mass is 359 g/mol. The number of benzene rings is 1. The standard InChI is InChI=1S/C14H14ClNO8/c1-14(12(18)23-3,13(19)24-4)8-6-9(15)7(11(17)22-2)5-10(8)16(20)21/h5-6H,1-4H3. The first kappa shape index (κ1) is 19.4. The van der Waals surface area contributed by atoms with Gasteiger partial charge in [-0.25, -0.2) is 4.79 Å². The summed E-state index contributed by atoms with van der Waals surface area (Å²) < 4.78 is 13.6. The molecule has 0 radical (unpaired) electrons. The number of methoxy groups -OCH3 is 3. The molecular weight excluding hydrogens is 346 g/mol. The molecule has 9 nitrogen and oxygen atoms in total. The first-order chi connectivity index (χ1) is 11.1. The van der Waals surface area contributed by atoms with E-state index in [1.54, 1.807) is 0 Å². The zero-order valence-corrected chi connectivity index (χ0v) is 14.0. The van der Waals surface area contributed by atoms with Gasteiger partial charge < -0.3 is 14.2 Å². The lowest BCUT2D eigenvalue weighted by Gasteiger charge is -2.24. The van der Waals surface area contributed by atoms with Gasteiger partial charge in [0.25, 0.3) is 5.69 Å². The van der Waals surface area contributed by atoms with Crippen LogP contribution < -0.4 is 0 Å². The van der Waals surface area contributed by atoms with Gasteiger partial charge in [-0.2, -0.15) is 0 Å². The maximum Gasteiger partial charge on any atom is 0.339 e. The third kappa shape index (κ3) is 3.16. The third-order valence-corrected chi connectivity index (χ3v) is 3.73. The molecule has 0 bridgehead atoms. The van der Waals surface area contributed by atoms with Crippen LogP contribution in [0.5, 0.6) is 0 Å². The van der Waals surface area contributed by atoms with Gasteiger partial charge in [0.15, 0.2) is 5.41 Å². The first-order valence-corrected chi connectivity index (χ1v) is 6.76. The summed E-state index contributed by atoms with van der Waals surface area (Å²) in [5.41, 5.74) is -3.49. The van der Waals surface area contributed by atoms with Crippen molar-refractivity contribution < 1.29 is 33.5 Å². The molecule has 1 aromatic rings. The smallest absolute Gasteiger partial charge is 0.339 e.